The first-order chi connectivity index (χ1) is 7.07. The van der Waals surface area contributed by atoms with Crippen LogP contribution < -0.4 is 4.72 Å². The molecule has 0 aliphatic rings. The second kappa shape index (κ2) is 5.49. The van der Waals surface area contributed by atoms with E-state index in [-0.39, 0.29) is 5.75 Å². The minimum atomic E-state index is -3.12. The van der Waals surface area contributed by atoms with Crippen LogP contribution in [0, 0.1) is 0 Å². The lowest BCUT2D eigenvalue weighted by atomic mass is 10.1. The van der Waals surface area contributed by atoms with Crippen molar-refractivity contribution in [1.82, 2.24) is 4.72 Å². The molecule has 15 heavy (non-hydrogen) atoms. The Morgan fingerprint density at radius 2 is 2.00 bits per heavy atom. The van der Waals surface area contributed by atoms with Gasteiger partial charge in [-0.25, -0.2) is 13.1 Å². The molecule has 0 saturated carbocycles. The van der Waals surface area contributed by atoms with E-state index in [0.717, 1.165) is 11.1 Å². The molecule has 1 aromatic carbocycles. The molecule has 0 atom stereocenters. The minimum Gasteiger partial charge on any atom is -0.212 e. The maximum Gasteiger partial charge on any atom is 0.211 e. The van der Waals surface area contributed by atoms with E-state index in [0.29, 0.717) is 12.4 Å². The number of hydrogen-bond acceptors (Lipinski definition) is 2. The van der Waals surface area contributed by atoms with Crippen LogP contribution in [0.1, 0.15) is 18.1 Å². The fraction of sp³-hybridized carbons (Fsp3) is 0.400. The van der Waals surface area contributed by atoms with Gasteiger partial charge in [-0.05, 0) is 18.1 Å². The Labute approximate surface area is 95.5 Å². The minimum absolute atomic E-state index is 0.0994. The first kappa shape index (κ1) is 12.5. The molecule has 0 amide bonds. The molecule has 0 spiro atoms. The smallest absolute Gasteiger partial charge is 0.211 e. The largest absolute Gasteiger partial charge is 0.212 e. The zero-order chi connectivity index (χ0) is 11.3. The predicted octanol–water partition coefficient (Wildman–Crippen LogP) is 1.86. The van der Waals surface area contributed by atoms with Crippen molar-refractivity contribution in [2.75, 3.05) is 5.75 Å². The van der Waals surface area contributed by atoms with E-state index in [2.05, 4.69) is 4.72 Å². The van der Waals surface area contributed by atoms with Crippen LogP contribution in [0.3, 0.4) is 0 Å². The van der Waals surface area contributed by atoms with Gasteiger partial charge in [-0.2, -0.15) is 0 Å². The maximum atomic E-state index is 11.2. The number of alkyl halides is 1. The Bertz CT molecular complexity index is 417. The van der Waals surface area contributed by atoms with E-state index in [4.69, 9.17) is 11.6 Å². The van der Waals surface area contributed by atoms with Crippen LogP contribution in [0.25, 0.3) is 0 Å². The summed E-state index contributed by atoms with van der Waals surface area (Å²) in [7, 11) is -3.12. The third-order valence-corrected chi connectivity index (χ3v) is 3.67. The summed E-state index contributed by atoms with van der Waals surface area (Å²) in [5.74, 6) is 0.538. The molecule has 1 rings (SSSR count). The lowest BCUT2D eigenvalue weighted by Gasteiger charge is -2.05. The highest BCUT2D eigenvalue weighted by Gasteiger charge is 2.05. The van der Waals surface area contributed by atoms with Gasteiger partial charge in [-0.1, -0.05) is 24.3 Å². The molecular formula is C10H14ClNO2S. The molecule has 0 unspecified atom stereocenters. The quantitative estimate of drug-likeness (QED) is 0.808. The lowest BCUT2D eigenvalue weighted by Crippen LogP contribution is -2.24. The Morgan fingerprint density at radius 3 is 2.60 bits per heavy atom. The average Bonchev–Trinajstić information content (AvgIpc) is 2.27. The molecular weight excluding hydrogens is 234 g/mol. The number of rotatable bonds is 5. The summed E-state index contributed by atoms with van der Waals surface area (Å²) < 4.78 is 24.9. The number of benzene rings is 1. The Morgan fingerprint density at radius 1 is 1.33 bits per heavy atom. The summed E-state index contributed by atoms with van der Waals surface area (Å²) in [5, 5.41) is 0. The van der Waals surface area contributed by atoms with Gasteiger partial charge in [0.25, 0.3) is 0 Å². The molecule has 0 fully saturated rings. The topological polar surface area (TPSA) is 46.2 Å². The maximum absolute atomic E-state index is 11.2. The zero-order valence-electron chi connectivity index (χ0n) is 8.53. The third-order valence-electron chi connectivity index (χ3n) is 2.02. The Kier molecular flexibility index (Phi) is 4.57. The van der Waals surface area contributed by atoms with E-state index >= 15 is 0 Å². The Hall–Kier alpha value is -0.580. The summed E-state index contributed by atoms with van der Waals surface area (Å²) in [6.07, 6.45) is 0. The monoisotopic (exact) mass is 247 g/mol. The molecule has 0 saturated heterocycles. The highest BCUT2D eigenvalue weighted by atomic mass is 35.5. The van der Waals surface area contributed by atoms with Gasteiger partial charge in [0.05, 0.1) is 5.75 Å². The molecule has 1 aromatic rings. The second-order valence-electron chi connectivity index (χ2n) is 3.18. The molecule has 5 heteroatoms. The van der Waals surface area contributed by atoms with Gasteiger partial charge in [0.1, 0.15) is 0 Å². The van der Waals surface area contributed by atoms with Crippen LogP contribution in [-0.2, 0) is 22.4 Å². The second-order valence-corrected chi connectivity index (χ2v) is 5.54. The van der Waals surface area contributed by atoms with Crippen molar-refractivity contribution in [3.63, 3.8) is 0 Å². The summed E-state index contributed by atoms with van der Waals surface area (Å²) in [5.41, 5.74) is 1.91. The van der Waals surface area contributed by atoms with Crippen molar-refractivity contribution >= 4 is 21.6 Å². The molecule has 0 aromatic heterocycles. The highest BCUT2D eigenvalue weighted by Crippen LogP contribution is 2.07. The summed E-state index contributed by atoms with van der Waals surface area (Å²) in [4.78, 5) is 0. The first-order valence-corrected chi connectivity index (χ1v) is 6.87. The molecule has 0 radical (unpaired) electrons. The third kappa shape index (κ3) is 4.20. The molecule has 3 nitrogen and oxygen atoms in total. The van der Waals surface area contributed by atoms with Crippen molar-refractivity contribution in [2.24, 2.45) is 0 Å². The number of hydrogen-bond donors (Lipinski definition) is 1. The summed E-state index contributed by atoms with van der Waals surface area (Å²) in [6.45, 7) is 1.93. The fourth-order valence-corrected chi connectivity index (χ4v) is 1.88. The van der Waals surface area contributed by atoms with E-state index in [1.807, 2.05) is 24.3 Å². The lowest BCUT2D eigenvalue weighted by molar-refractivity contribution is 0.582. The van der Waals surface area contributed by atoms with Crippen LogP contribution in [0.5, 0.6) is 0 Å². The van der Waals surface area contributed by atoms with Crippen LogP contribution in [-0.4, -0.2) is 14.2 Å². The van der Waals surface area contributed by atoms with Crippen molar-refractivity contribution in [1.29, 1.82) is 0 Å². The zero-order valence-corrected chi connectivity index (χ0v) is 10.1. The molecule has 84 valence electrons. The van der Waals surface area contributed by atoms with Gasteiger partial charge in [-0.3, -0.25) is 0 Å². The average molecular weight is 248 g/mol. The van der Waals surface area contributed by atoms with Gasteiger partial charge < -0.3 is 0 Å². The molecule has 0 heterocycles. The Balaban J connectivity index is 2.65. The number of nitrogens with one attached hydrogen (secondary N) is 1. The van der Waals surface area contributed by atoms with Gasteiger partial charge in [-0.15, -0.1) is 11.6 Å². The summed E-state index contributed by atoms with van der Waals surface area (Å²) in [6, 6.07) is 7.54. The van der Waals surface area contributed by atoms with Gasteiger partial charge in [0.15, 0.2) is 0 Å². The number of sulfonamides is 1. The number of halogens is 1. The van der Waals surface area contributed by atoms with Crippen LogP contribution >= 0.6 is 11.6 Å². The predicted molar refractivity (Wildman–Crippen MR) is 62.3 cm³/mol. The summed E-state index contributed by atoms with van der Waals surface area (Å²) >= 11 is 5.68. The van der Waals surface area contributed by atoms with Crippen molar-refractivity contribution in [3.8, 4) is 0 Å². The first-order valence-electron chi connectivity index (χ1n) is 4.68. The van der Waals surface area contributed by atoms with Crippen molar-refractivity contribution in [2.45, 2.75) is 19.3 Å². The van der Waals surface area contributed by atoms with E-state index < -0.39 is 10.0 Å². The van der Waals surface area contributed by atoms with Crippen molar-refractivity contribution in [3.05, 3.63) is 35.4 Å². The highest BCUT2D eigenvalue weighted by molar-refractivity contribution is 7.89. The van der Waals surface area contributed by atoms with E-state index in [1.165, 1.54) is 0 Å². The normalized spacial score (nSPS) is 11.6. The SMILES string of the molecule is CCS(=O)(=O)NCc1cccc(CCl)c1. The molecule has 0 aliphatic heterocycles. The van der Waals surface area contributed by atoms with Gasteiger partial charge in [0, 0.05) is 12.4 Å². The van der Waals surface area contributed by atoms with Crippen molar-refractivity contribution < 1.29 is 8.42 Å². The molecule has 1 N–H and O–H groups in total. The van der Waals surface area contributed by atoms with Crippen LogP contribution in [0.15, 0.2) is 24.3 Å². The van der Waals surface area contributed by atoms with Gasteiger partial charge in [0.2, 0.25) is 10.0 Å². The van der Waals surface area contributed by atoms with Crippen LogP contribution in [0.2, 0.25) is 0 Å². The molecule has 0 aliphatic carbocycles. The van der Waals surface area contributed by atoms with Gasteiger partial charge >= 0.3 is 0 Å². The van der Waals surface area contributed by atoms with E-state index in [9.17, 15) is 8.42 Å². The molecule has 0 bridgehead atoms. The van der Waals surface area contributed by atoms with E-state index in [1.54, 1.807) is 6.92 Å². The van der Waals surface area contributed by atoms with Crippen LogP contribution in [0.4, 0.5) is 0 Å². The fourth-order valence-electron chi connectivity index (χ4n) is 1.12. The standard InChI is InChI=1S/C10H14ClNO2S/c1-2-15(13,14)12-8-10-5-3-4-9(6-10)7-11/h3-6,12H,2,7-8H2,1H3.